The van der Waals surface area contributed by atoms with E-state index in [0.717, 1.165) is 11.1 Å². The summed E-state index contributed by atoms with van der Waals surface area (Å²) in [4.78, 5) is 0. The summed E-state index contributed by atoms with van der Waals surface area (Å²) >= 11 is 0. The molecule has 0 atom stereocenters. The van der Waals surface area contributed by atoms with Crippen molar-refractivity contribution in [3.05, 3.63) is 72.9 Å². The summed E-state index contributed by atoms with van der Waals surface area (Å²) in [5.74, 6) is 5.58. The lowest BCUT2D eigenvalue weighted by Crippen LogP contribution is -1.79. The van der Waals surface area contributed by atoms with Gasteiger partial charge in [-0.25, -0.2) is 0 Å². The molecule has 0 aromatic heterocycles. The molecule has 17 heavy (non-hydrogen) atoms. The van der Waals surface area contributed by atoms with Crippen LogP contribution in [-0.4, -0.2) is 0 Å². The molecule has 0 rings (SSSR count). The molecule has 1 heteroatoms. The smallest absolute Gasteiger partial charge is 0.0985 e. The van der Waals surface area contributed by atoms with Crippen molar-refractivity contribution in [3.8, 4) is 17.9 Å². The summed E-state index contributed by atoms with van der Waals surface area (Å²) in [6, 6.07) is 1.92. The molecular weight excluding hydrogens is 206 g/mol. The zero-order valence-electron chi connectivity index (χ0n) is 10.1. The van der Waals surface area contributed by atoms with Crippen LogP contribution in [0.2, 0.25) is 0 Å². The zero-order chi connectivity index (χ0) is 13.3. The topological polar surface area (TPSA) is 23.8 Å². The molecule has 0 bridgehead atoms. The lowest BCUT2D eigenvalue weighted by Gasteiger charge is -1.98. The molecule has 0 saturated carbocycles. The van der Waals surface area contributed by atoms with Crippen molar-refractivity contribution in [2.24, 2.45) is 0 Å². The van der Waals surface area contributed by atoms with Crippen LogP contribution in [0.15, 0.2) is 72.9 Å². The molecule has 1 nitrogen and oxygen atoms in total. The number of hydrogen-bond donors (Lipinski definition) is 0. The van der Waals surface area contributed by atoms with Gasteiger partial charge < -0.3 is 0 Å². The van der Waals surface area contributed by atoms with Crippen LogP contribution in [0.25, 0.3) is 0 Å². The Balaban J connectivity index is 4.53. The second-order valence-electron chi connectivity index (χ2n) is 3.25. The predicted octanol–water partition coefficient (Wildman–Crippen LogP) is 3.87. The maximum Gasteiger partial charge on any atom is 0.0985 e. The van der Waals surface area contributed by atoms with Crippen molar-refractivity contribution in [2.45, 2.75) is 6.92 Å². The quantitative estimate of drug-likeness (QED) is 0.393. The third-order valence-corrected chi connectivity index (χ3v) is 1.81. The van der Waals surface area contributed by atoms with E-state index in [-0.39, 0.29) is 0 Å². The molecule has 0 fully saturated rings. The summed E-state index contributed by atoms with van der Waals surface area (Å²) in [5, 5.41) is 8.53. The van der Waals surface area contributed by atoms with E-state index >= 15 is 0 Å². The minimum atomic E-state index is 0.379. The normalized spacial score (nSPS) is 9.41. The van der Waals surface area contributed by atoms with E-state index in [1.807, 2.05) is 6.07 Å². The number of hydrogen-bond acceptors (Lipinski definition) is 1. The third-order valence-electron chi connectivity index (χ3n) is 1.81. The summed E-state index contributed by atoms with van der Waals surface area (Å²) in [6.45, 7) is 16.7. The Morgan fingerprint density at radius 1 is 0.882 bits per heavy atom. The van der Waals surface area contributed by atoms with E-state index in [0.29, 0.717) is 11.1 Å². The number of allylic oxidation sites excluding steroid dienone is 8. The van der Waals surface area contributed by atoms with Crippen molar-refractivity contribution in [2.75, 3.05) is 0 Å². The minimum absolute atomic E-state index is 0.379. The molecule has 0 radical (unpaired) electrons. The first-order chi connectivity index (χ1) is 8.01. The van der Waals surface area contributed by atoms with Gasteiger partial charge in [0.05, 0.1) is 6.07 Å². The monoisotopic (exact) mass is 221 g/mol. The molecule has 0 saturated heterocycles. The Kier molecular flexibility index (Phi) is 6.60. The minimum Gasteiger partial charge on any atom is -0.192 e. The Bertz CT molecular complexity index is 508. The molecule has 0 amide bonds. The van der Waals surface area contributed by atoms with Gasteiger partial charge in [0.2, 0.25) is 0 Å². The van der Waals surface area contributed by atoms with Crippen molar-refractivity contribution in [1.82, 2.24) is 0 Å². The fraction of sp³-hybridized carbons (Fsp3) is 0.0625. The molecule has 0 unspecified atom stereocenters. The van der Waals surface area contributed by atoms with Crippen LogP contribution in [0.1, 0.15) is 6.92 Å². The van der Waals surface area contributed by atoms with E-state index in [2.05, 4.69) is 38.2 Å². The van der Waals surface area contributed by atoms with E-state index < -0.39 is 0 Å². The Morgan fingerprint density at radius 2 is 1.35 bits per heavy atom. The standard InChI is InChI=1S/C16H15N/c1-6-7-13(2)8-10-15(4)16(5)11-9-14(3)12-17/h8-11H,2-5H2,1H3/b10-8-,11-9-. The van der Waals surface area contributed by atoms with Crippen molar-refractivity contribution in [1.29, 1.82) is 5.26 Å². The highest BCUT2D eigenvalue weighted by atomic mass is 14.2. The number of nitrogens with zero attached hydrogens (tertiary/aromatic N) is 1. The van der Waals surface area contributed by atoms with Gasteiger partial charge in [0, 0.05) is 11.1 Å². The van der Waals surface area contributed by atoms with Gasteiger partial charge in [0.1, 0.15) is 0 Å². The molecule has 0 heterocycles. The summed E-state index contributed by atoms with van der Waals surface area (Å²) in [7, 11) is 0. The first kappa shape index (κ1) is 14.5. The van der Waals surface area contributed by atoms with E-state index in [1.54, 1.807) is 31.2 Å². The van der Waals surface area contributed by atoms with Crippen LogP contribution in [0.3, 0.4) is 0 Å². The largest absolute Gasteiger partial charge is 0.192 e. The summed E-state index contributed by atoms with van der Waals surface area (Å²) in [5.41, 5.74) is 2.55. The lowest BCUT2D eigenvalue weighted by atomic mass is 10.1. The Hall–Kier alpha value is -2.51. The van der Waals surface area contributed by atoms with Crippen LogP contribution in [0.4, 0.5) is 0 Å². The van der Waals surface area contributed by atoms with Crippen LogP contribution < -0.4 is 0 Å². The van der Waals surface area contributed by atoms with Gasteiger partial charge in [0.25, 0.3) is 0 Å². The average Bonchev–Trinajstić information content (AvgIpc) is 2.32. The molecule has 0 spiro atoms. The molecule has 0 aliphatic carbocycles. The summed E-state index contributed by atoms with van der Waals surface area (Å²) < 4.78 is 0. The molecule has 0 aliphatic rings. The van der Waals surface area contributed by atoms with Gasteiger partial charge in [0.15, 0.2) is 0 Å². The molecule has 0 N–H and O–H groups in total. The van der Waals surface area contributed by atoms with Crippen LogP contribution >= 0.6 is 0 Å². The lowest BCUT2D eigenvalue weighted by molar-refractivity contribution is 1.50. The molecule has 0 aliphatic heterocycles. The van der Waals surface area contributed by atoms with Crippen molar-refractivity contribution in [3.63, 3.8) is 0 Å². The van der Waals surface area contributed by atoms with Gasteiger partial charge in [-0.3, -0.25) is 0 Å². The molecule has 0 aromatic carbocycles. The second kappa shape index (κ2) is 7.74. The summed E-state index contributed by atoms with van der Waals surface area (Å²) in [6.07, 6.45) is 6.86. The second-order valence-corrected chi connectivity index (χ2v) is 3.25. The van der Waals surface area contributed by atoms with E-state index in [4.69, 9.17) is 5.26 Å². The van der Waals surface area contributed by atoms with Crippen LogP contribution in [-0.2, 0) is 0 Å². The highest BCUT2D eigenvalue weighted by Gasteiger charge is 1.92. The van der Waals surface area contributed by atoms with Crippen LogP contribution in [0.5, 0.6) is 0 Å². The molecular formula is C16H15N. The average molecular weight is 221 g/mol. The van der Waals surface area contributed by atoms with Gasteiger partial charge in [-0.15, -0.1) is 5.92 Å². The maximum atomic E-state index is 8.53. The first-order valence-electron chi connectivity index (χ1n) is 4.96. The number of nitriles is 1. The SMILES string of the molecule is C=C(C#N)/C=C\C(=C)C(=C)/C=C\C(=C)C#CC. The fourth-order valence-corrected chi connectivity index (χ4v) is 0.856. The van der Waals surface area contributed by atoms with Gasteiger partial charge >= 0.3 is 0 Å². The highest BCUT2D eigenvalue weighted by molar-refractivity contribution is 5.48. The number of rotatable bonds is 5. The Morgan fingerprint density at radius 3 is 1.76 bits per heavy atom. The highest BCUT2D eigenvalue weighted by Crippen LogP contribution is 2.10. The first-order valence-corrected chi connectivity index (χ1v) is 4.96. The van der Waals surface area contributed by atoms with Crippen molar-refractivity contribution < 1.29 is 0 Å². The van der Waals surface area contributed by atoms with E-state index in [9.17, 15) is 0 Å². The molecule has 84 valence electrons. The fourth-order valence-electron chi connectivity index (χ4n) is 0.856. The zero-order valence-corrected chi connectivity index (χ0v) is 10.1. The van der Waals surface area contributed by atoms with Gasteiger partial charge in [-0.1, -0.05) is 44.4 Å². The van der Waals surface area contributed by atoms with Gasteiger partial charge in [-0.05, 0) is 30.2 Å². The van der Waals surface area contributed by atoms with Crippen molar-refractivity contribution >= 4 is 0 Å². The third kappa shape index (κ3) is 6.55. The maximum absolute atomic E-state index is 8.53. The predicted molar refractivity (Wildman–Crippen MR) is 73.9 cm³/mol. The Labute approximate surface area is 103 Å². The molecule has 0 aromatic rings. The van der Waals surface area contributed by atoms with Crippen LogP contribution in [0, 0.1) is 23.2 Å². The van der Waals surface area contributed by atoms with E-state index in [1.165, 1.54) is 0 Å². The van der Waals surface area contributed by atoms with Gasteiger partial charge in [-0.2, -0.15) is 5.26 Å².